The van der Waals surface area contributed by atoms with Gasteiger partial charge in [-0.05, 0) is 49.0 Å². The molecule has 3 aromatic rings. The van der Waals surface area contributed by atoms with Crippen LogP contribution in [0.5, 0.6) is 0 Å². The summed E-state index contributed by atoms with van der Waals surface area (Å²) in [6.45, 7) is 5.08. The fraction of sp³-hybridized carbons (Fsp3) is 0.360. The first-order valence-corrected chi connectivity index (χ1v) is 12.6. The van der Waals surface area contributed by atoms with Crippen molar-refractivity contribution in [2.24, 2.45) is 0 Å². The van der Waals surface area contributed by atoms with E-state index in [9.17, 15) is 9.59 Å². The number of aromatic nitrogens is 2. The van der Waals surface area contributed by atoms with Gasteiger partial charge in [0.1, 0.15) is 11.9 Å². The maximum atomic E-state index is 12.7. The monoisotopic (exact) mass is 510 g/mol. The molecule has 182 valence electrons. The first-order chi connectivity index (χ1) is 17.0. The SMILES string of the molecule is O=C(CCC1C(=O)Nc2c3ccccc3nc(=S)n21)NCCN1CCN(c2cccc(Cl)c2)CC1. The molecule has 2 aliphatic rings. The van der Waals surface area contributed by atoms with Crippen molar-refractivity contribution in [3.63, 3.8) is 0 Å². The Balaban J connectivity index is 1.09. The fourth-order valence-corrected chi connectivity index (χ4v) is 5.26. The number of fused-ring (bicyclic) bond motifs is 3. The van der Waals surface area contributed by atoms with E-state index in [1.165, 1.54) is 0 Å². The summed E-state index contributed by atoms with van der Waals surface area (Å²) in [6, 6.07) is 15.0. The summed E-state index contributed by atoms with van der Waals surface area (Å²) >= 11 is 11.6. The molecule has 10 heteroatoms. The summed E-state index contributed by atoms with van der Waals surface area (Å²) in [5, 5.41) is 7.51. The van der Waals surface area contributed by atoms with Gasteiger partial charge in [0, 0.05) is 61.8 Å². The standard InChI is InChI=1S/C25H27ClN6O2S/c26-17-4-3-5-18(16-17)31-14-12-30(13-15-31)11-10-27-22(33)9-8-21-24(34)29-23-19-6-1-2-7-20(19)28-25(35)32(21)23/h1-7,16,21H,8-15H2,(H,27,33)(H,29,34). The summed E-state index contributed by atoms with van der Waals surface area (Å²) in [5.74, 6) is 0.441. The van der Waals surface area contributed by atoms with Gasteiger partial charge in [0.15, 0.2) is 0 Å². The molecule has 1 fully saturated rings. The van der Waals surface area contributed by atoms with E-state index in [0.717, 1.165) is 54.3 Å². The summed E-state index contributed by atoms with van der Waals surface area (Å²) < 4.78 is 2.09. The second-order valence-corrected chi connectivity index (χ2v) is 9.63. The first kappa shape index (κ1) is 23.7. The number of amides is 2. The van der Waals surface area contributed by atoms with Gasteiger partial charge in [-0.2, -0.15) is 0 Å². The maximum Gasteiger partial charge on any atom is 0.248 e. The first-order valence-electron chi connectivity index (χ1n) is 11.8. The van der Waals surface area contributed by atoms with Crippen LogP contribution in [0.15, 0.2) is 48.5 Å². The molecule has 0 bridgehead atoms. The Hall–Kier alpha value is -3.01. The predicted molar refractivity (Wildman–Crippen MR) is 141 cm³/mol. The van der Waals surface area contributed by atoms with Gasteiger partial charge in [-0.15, -0.1) is 0 Å². The Morgan fingerprint density at radius 3 is 2.74 bits per heavy atom. The van der Waals surface area contributed by atoms with Crippen LogP contribution in [0.4, 0.5) is 11.5 Å². The van der Waals surface area contributed by atoms with Crippen LogP contribution < -0.4 is 15.5 Å². The number of nitrogens with zero attached hydrogens (tertiary/aromatic N) is 4. The highest BCUT2D eigenvalue weighted by atomic mass is 35.5. The molecule has 2 aliphatic heterocycles. The Bertz CT molecular complexity index is 1320. The van der Waals surface area contributed by atoms with E-state index in [1.54, 1.807) is 4.57 Å². The molecule has 3 heterocycles. The van der Waals surface area contributed by atoms with Crippen LogP contribution >= 0.6 is 23.8 Å². The topological polar surface area (TPSA) is 82.5 Å². The largest absolute Gasteiger partial charge is 0.369 e. The molecule has 1 atom stereocenters. The smallest absolute Gasteiger partial charge is 0.248 e. The zero-order valence-corrected chi connectivity index (χ0v) is 20.8. The minimum atomic E-state index is -0.528. The third kappa shape index (κ3) is 5.17. The van der Waals surface area contributed by atoms with Crippen molar-refractivity contribution in [3.05, 3.63) is 58.3 Å². The molecule has 1 unspecified atom stereocenters. The number of para-hydroxylation sites is 1. The molecule has 1 aromatic heterocycles. The Morgan fingerprint density at radius 1 is 1.14 bits per heavy atom. The molecule has 2 N–H and O–H groups in total. The van der Waals surface area contributed by atoms with Crippen molar-refractivity contribution in [2.75, 3.05) is 49.5 Å². The summed E-state index contributed by atoms with van der Waals surface area (Å²) in [6.07, 6.45) is 0.617. The number of nitrogens with one attached hydrogen (secondary N) is 2. The molecule has 0 radical (unpaired) electrons. The van der Waals surface area contributed by atoms with E-state index in [-0.39, 0.29) is 18.2 Å². The van der Waals surface area contributed by atoms with Crippen molar-refractivity contribution in [3.8, 4) is 0 Å². The van der Waals surface area contributed by atoms with Gasteiger partial charge in [0.2, 0.25) is 16.6 Å². The van der Waals surface area contributed by atoms with Crippen LogP contribution in [-0.2, 0) is 9.59 Å². The highest BCUT2D eigenvalue weighted by Crippen LogP contribution is 2.33. The molecular formula is C25H27ClN6O2S. The van der Waals surface area contributed by atoms with Crippen molar-refractivity contribution in [1.29, 1.82) is 0 Å². The van der Waals surface area contributed by atoms with Gasteiger partial charge in [-0.1, -0.05) is 29.8 Å². The molecule has 0 saturated carbocycles. The van der Waals surface area contributed by atoms with Gasteiger partial charge in [0.05, 0.1) is 5.52 Å². The number of anilines is 2. The molecule has 2 amide bonds. The number of halogens is 1. The van der Waals surface area contributed by atoms with Crippen molar-refractivity contribution in [2.45, 2.75) is 18.9 Å². The molecule has 8 nitrogen and oxygen atoms in total. The third-order valence-electron chi connectivity index (χ3n) is 6.62. The van der Waals surface area contributed by atoms with Gasteiger partial charge in [-0.3, -0.25) is 19.1 Å². The average molecular weight is 511 g/mol. The fourth-order valence-electron chi connectivity index (χ4n) is 4.76. The van der Waals surface area contributed by atoms with Crippen LogP contribution in [-0.4, -0.2) is 65.5 Å². The lowest BCUT2D eigenvalue weighted by atomic mass is 10.1. The minimum Gasteiger partial charge on any atom is -0.369 e. The molecule has 1 saturated heterocycles. The molecule has 0 spiro atoms. The van der Waals surface area contributed by atoms with Crippen molar-refractivity contribution < 1.29 is 9.59 Å². The van der Waals surface area contributed by atoms with Crippen LogP contribution in [0.1, 0.15) is 18.9 Å². The van der Waals surface area contributed by atoms with E-state index < -0.39 is 6.04 Å². The molecule has 35 heavy (non-hydrogen) atoms. The Labute approximate surface area is 213 Å². The van der Waals surface area contributed by atoms with Gasteiger partial charge < -0.3 is 15.5 Å². The molecule has 0 aliphatic carbocycles. The summed E-state index contributed by atoms with van der Waals surface area (Å²) in [7, 11) is 0. The molecule has 5 rings (SSSR count). The predicted octanol–water partition coefficient (Wildman–Crippen LogP) is 3.63. The van der Waals surface area contributed by atoms with Crippen molar-refractivity contribution in [1.82, 2.24) is 19.8 Å². The number of hydrogen-bond acceptors (Lipinski definition) is 6. The lowest BCUT2D eigenvalue weighted by Gasteiger charge is -2.36. The van der Waals surface area contributed by atoms with Crippen LogP contribution in [0, 0.1) is 4.77 Å². The van der Waals surface area contributed by atoms with Crippen molar-refractivity contribution >= 4 is 58.0 Å². The highest BCUT2D eigenvalue weighted by Gasteiger charge is 2.32. The Kier molecular flexibility index (Phi) is 6.99. The number of carbonyl (C=O) groups excluding carboxylic acids is 2. The lowest BCUT2D eigenvalue weighted by Crippen LogP contribution is -2.48. The summed E-state index contributed by atoms with van der Waals surface area (Å²) in [4.78, 5) is 34.3. The van der Waals surface area contributed by atoms with E-state index >= 15 is 0 Å². The second-order valence-electron chi connectivity index (χ2n) is 8.83. The minimum absolute atomic E-state index is 0.0657. The van der Waals surface area contributed by atoms with Gasteiger partial charge in [-0.25, -0.2) is 4.98 Å². The molecular weight excluding hydrogens is 484 g/mol. The number of piperazine rings is 1. The van der Waals surface area contributed by atoms with Crippen LogP contribution in [0.2, 0.25) is 5.02 Å². The molecule has 2 aromatic carbocycles. The number of carbonyl (C=O) groups is 2. The van der Waals surface area contributed by atoms with Crippen LogP contribution in [0.3, 0.4) is 0 Å². The number of rotatable bonds is 7. The van der Waals surface area contributed by atoms with E-state index in [1.807, 2.05) is 42.5 Å². The zero-order valence-electron chi connectivity index (χ0n) is 19.2. The highest BCUT2D eigenvalue weighted by molar-refractivity contribution is 7.71. The number of benzene rings is 2. The number of hydrogen-bond donors (Lipinski definition) is 2. The van der Waals surface area contributed by atoms with Gasteiger partial charge >= 0.3 is 0 Å². The normalized spacial score (nSPS) is 17.9. The average Bonchev–Trinajstić information content (AvgIpc) is 3.20. The maximum absolute atomic E-state index is 12.7. The lowest BCUT2D eigenvalue weighted by molar-refractivity contribution is -0.122. The second kappa shape index (κ2) is 10.3. The van der Waals surface area contributed by atoms with Crippen LogP contribution in [0.25, 0.3) is 10.9 Å². The third-order valence-corrected chi connectivity index (χ3v) is 7.14. The van der Waals surface area contributed by atoms with E-state index in [2.05, 4.69) is 31.5 Å². The quantitative estimate of drug-likeness (QED) is 0.472. The summed E-state index contributed by atoms with van der Waals surface area (Å²) in [5.41, 5.74) is 1.89. The Morgan fingerprint density at radius 2 is 1.94 bits per heavy atom. The zero-order chi connectivity index (χ0) is 24.4. The van der Waals surface area contributed by atoms with E-state index in [0.29, 0.717) is 23.6 Å². The van der Waals surface area contributed by atoms with Gasteiger partial charge in [0.25, 0.3) is 0 Å². The van der Waals surface area contributed by atoms with E-state index in [4.69, 9.17) is 23.8 Å².